The maximum atomic E-state index is 11.3. The van der Waals surface area contributed by atoms with Gasteiger partial charge in [0.1, 0.15) is 0 Å². The Hall–Kier alpha value is -2.51. The van der Waals surface area contributed by atoms with Crippen molar-refractivity contribution in [2.24, 2.45) is 0 Å². The first-order chi connectivity index (χ1) is 9.93. The average molecular weight is 295 g/mol. The molecule has 0 aliphatic carbocycles. The SMILES string of the molecule is CCNc1cc(NCCNC(=O)N(C)C)cc([N+](=O)[O-])c1. The number of carbonyl (C=O) groups is 1. The van der Waals surface area contributed by atoms with Crippen molar-refractivity contribution in [3.05, 3.63) is 28.3 Å². The fourth-order valence-electron chi connectivity index (χ4n) is 1.66. The molecule has 21 heavy (non-hydrogen) atoms. The molecule has 0 saturated heterocycles. The number of nitro benzene ring substituents is 1. The van der Waals surface area contributed by atoms with Crippen LogP contribution in [0.2, 0.25) is 0 Å². The Morgan fingerprint density at radius 3 is 2.33 bits per heavy atom. The van der Waals surface area contributed by atoms with Crippen LogP contribution in [0.5, 0.6) is 0 Å². The second kappa shape index (κ2) is 7.93. The highest BCUT2D eigenvalue weighted by Crippen LogP contribution is 2.24. The molecule has 1 aromatic carbocycles. The number of anilines is 2. The van der Waals surface area contributed by atoms with Gasteiger partial charge in [0, 0.05) is 57.2 Å². The summed E-state index contributed by atoms with van der Waals surface area (Å²) in [5.74, 6) is 0. The van der Waals surface area contributed by atoms with E-state index in [0.29, 0.717) is 31.0 Å². The molecule has 0 unspecified atom stereocenters. The Bertz CT molecular complexity index is 505. The van der Waals surface area contributed by atoms with E-state index in [1.807, 2.05) is 6.92 Å². The van der Waals surface area contributed by atoms with Crippen LogP contribution < -0.4 is 16.0 Å². The van der Waals surface area contributed by atoms with Crippen LogP contribution >= 0.6 is 0 Å². The maximum absolute atomic E-state index is 11.3. The lowest BCUT2D eigenvalue weighted by molar-refractivity contribution is -0.384. The number of nitrogens with one attached hydrogen (secondary N) is 3. The molecule has 0 aliphatic rings. The number of carbonyl (C=O) groups excluding carboxylic acids is 1. The smallest absolute Gasteiger partial charge is 0.316 e. The minimum absolute atomic E-state index is 0.0216. The zero-order valence-corrected chi connectivity index (χ0v) is 12.5. The first kappa shape index (κ1) is 16.5. The van der Waals surface area contributed by atoms with Crippen LogP contribution in [0.1, 0.15) is 6.92 Å². The molecule has 1 aromatic rings. The molecular weight excluding hydrogens is 274 g/mol. The van der Waals surface area contributed by atoms with Gasteiger partial charge in [0.2, 0.25) is 0 Å². The number of nitro groups is 1. The molecule has 0 radical (unpaired) electrons. The van der Waals surface area contributed by atoms with E-state index in [9.17, 15) is 14.9 Å². The molecule has 116 valence electrons. The molecule has 0 atom stereocenters. The quantitative estimate of drug-likeness (QED) is 0.404. The summed E-state index contributed by atoms with van der Waals surface area (Å²) >= 11 is 0. The van der Waals surface area contributed by atoms with Crippen molar-refractivity contribution < 1.29 is 9.72 Å². The molecule has 0 bridgehead atoms. The van der Waals surface area contributed by atoms with Crippen molar-refractivity contribution in [3.63, 3.8) is 0 Å². The highest BCUT2D eigenvalue weighted by Gasteiger charge is 2.09. The van der Waals surface area contributed by atoms with E-state index in [1.54, 1.807) is 20.2 Å². The molecule has 0 fully saturated rings. The van der Waals surface area contributed by atoms with Crippen molar-refractivity contribution in [3.8, 4) is 0 Å². The number of amides is 2. The number of urea groups is 1. The standard InChI is InChI=1S/C13H21N5O3/c1-4-14-10-7-11(9-12(8-10)18(20)21)15-5-6-16-13(19)17(2)3/h7-9,14-15H,4-6H2,1-3H3,(H,16,19). The highest BCUT2D eigenvalue weighted by molar-refractivity contribution is 5.73. The molecule has 3 N–H and O–H groups in total. The van der Waals surface area contributed by atoms with Crippen molar-refractivity contribution in [2.75, 3.05) is 44.4 Å². The van der Waals surface area contributed by atoms with E-state index in [-0.39, 0.29) is 11.7 Å². The zero-order valence-electron chi connectivity index (χ0n) is 12.5. The molecule has 0 aromatic heterocycles. The Balaban J connectivity index is 2.61. The topological polar surface area (TPSA) is 99.5 Å². The summed E-state index contributed by atoms with van der Waals surface area (Å²) < 4.78 is 0. The largest absolute Gasteiger partial charge is 0.385 e. The van der Waals surface area contributed by atoms with Gasteiger partial charge >= 0.3 is 6.03 Å². The van der Waals surface area contributed by atoms with Crippen molar-refractivity contribution in [1.82, 2.24) is 10.2 Å². The maximum Gasteiger partial charge on any atom is 0.316 e. The van der Waals surface area contributed by atoms with Gasteiger partial charge in [-0.3, -0.25) is 10.1 Å². The third-order valence-electron chi connectivity index (χ3n) is 2.65. The minimum atomic E-state index is -0.431. The van der Waals surface area contributed by atoms with Gasteiger partial charge in [-0.1, -0.05) is 0 Å². The van der Waals surface area contributed by atoms with E-state index in [0.717, 1.165) is 0 Å². The number of hydrogen-bond acceptors (Lipinski definition) is 5. The van der Waals surface area contributed by atoms with E-state index in [2.05, 4.69) is 16.0 Å². The number of nitrogens with zero attached hydrogens (tertiary/aromatic N) is 2. The predicted molar refractivity (Wildman–Crippen MR) is 82.8 cm³/mol. The van der Waals surface area contributed by atoms with E-state index in [1.165, 1.54) is 17.0 Å². The molecule has 0 heterocycles. The van der Waals surface area contributed by atoms with Gasteiger partial charge in [-0.2, -0.15) is 0 Å². The van der Waals surface area contributed by atoms with Gasteiger partial charge in [-0.25, -0.2) is 4.79 Å². The minimum Gasteiger partial charge on any atom is -0.385 e. The molecular formula is C13H21N5O3. The second-order valence-electron chi connectivity index (χ2n) is 4.61. The zero-order chi connectivity index (χ0) is 15.8. The van der Waals surface area contributed by atoms with Crippen LogP contribution in [0.25, 0.3) is 0 Å². The number of non-ortho nitro benzene ring substituents is 1. The summed E-state index contributed by atoms with van der Waals surface area (Å²) in [7, 11) is 3.32. The van der Waals surface area contributed by atoms with E-state index >= 15 is 0 Å². The fraction of sp³-hybridized carbons (Fsp3) is 0.462. The summed E-state index contributed by atoms with van der Waals surface area (Å²) in [6.45, 7) is 3.50. The number of rotatable bonds is 7. The summed E-state index contributed by atoms with van der Waals surface area (Å²) in [6, 6.07) is 4.57. The Morgan fingerprint density at radius 2 is 1.81 bits per heavy atom. The summed E-state index contributed by atoms with van der Waals surface area (Å²) in [5, 5.41) is 19.7. The monoisotopic (exact) mass is 295 g/mol. The third-order valence-corrected chi connectivity index (χ3v) is 2.65. The van der Waals surface area contributed by atoms with Gasteiger partial charge < -0.3 is 20.9 Å². The summed E-state index contributed by atoms with van der Waals surface area (Å²) in [4.78, 5) is 23.2. The number of hydrogen-bond donors (Lipinski definition) is 3. The molecule has 2 amide bonds. The van der Waals surface area contributed by atoms with Gasteiger partial charge in [-0.05, 0) is 13.0 Å². The van der Waals surface area contributed by atoms with E-state index in [4.69, 9.17) is 0 Å². The van der Waals surface area contributed by atoms with Crippen LogP contribution in [0.15, 0.2) is 18.2 Å². The van der Waals surface area contributed by atoms with E-state index < -0.39 is 4.92 Å². The highest BCUT2D eigenvalue weighted by atomic mass is 16.6. The molecule has 1 rings (SSSR count). The van der Waals surface area contributed by atoms with Crippen LogP contribution in [-0.2, 0) is 0 Å². The Kier molecular flexibility index (Phi) is 6.25. The predicted octanol–water partition coefficient (Wildman–Crippen LogP) is 1.71. The lowest BCUT2D eigenvalue weighted by Gasteiger charge is -2.13. The van der Waals surface area contributed by atoms with Crippen molar-refractivity contribution >= 4 is 23.1 Å². The van der Waals surface area contributed by atoms with Crippen LogP contribution in [0.4, 0.5) is 21.9 Å². The second-order valence-corrected chi connectivity index (χ2v) is 4.61. The molecule has 0 spiro atoms. The van der Waals surface area contributed by atoms with Crippen molar-refractivity contribution in [1.29, 1.82) is 0 Å². The van der Waals surface area contributed by atoms with Gasteiger partial charge in [0.25, 0.3) is 5.69 Å². The van der Waals surface area contributed by atoms with Crippen LogP contribution in [0, 0.1) is 10.1 Å². The third kappa shape index (κ3) is 5.55. The van der Waals surface area contributed by atoms with Gasteiger partial charge in [0.05, 0.1) is 4.92 Å². The molecule has 8 nitrogen and oxygen atoms in total. The summed E-state index contributed by atoms with van der Waals surface area (Å²) in [5.41, 5.74) is 1.35. The van der Waals surface area contributed by atoms with Crippen LogP contribution in [-0.4, -0.2) is 49.6 Å². The first-order valence-corrected chi connectivity index (χ1v) is 6.66. The van der Waals surface area contributed by atoms with Crippen molar-refractivity contribution in [2.45, 2.75) is 6.92 Å². The Labute approximate surface area is 123 Å². The fourth-order valence-corrected chi connectivity index (χ4v) is 1.66. The molecule has 8 heteroatoms. The van der Waals surface area contributed by atoms with Gasteiger partial charge in [0.15, 0.2) is 0 Å². The first-order valence-electron chi connectivity index (χ1n) is 6.66. The molecule has 0 saturated carbocycles. The lowest BCUT2D eigenvalue weighted by Crippen LogP contribution is -2.37. The summed E-state index contributed by atoms with van der Waals surface area (Å²) in [6.07, 6.45) is 0. The van der Waals surface area contributed by atoms with Gasteiger partial charge in [-0.15, -0.1) is 0 Å². The normalized spacial score (nSPS) is 9.86. The molecule has 0 aliphatic heterocycles. The van der Waals surface area contributed by atoms with Crippen LogP contribution in [0.3, 0.4) is 0 Å². The lowest BCUT2D eigenvalue weighted by atomic mass is 10.2. The average Bonchev–Trinajstić information content (AvgIpc) is 2.43. The number of benzene rings is 1. The Morgan fingerprint density at radius 1 is 1.19 bits per heavy atom.